The van der Waals surface area contributed by atoms with E-state index in [1.165, 1.54) is 0 Å². The molecule has 2 N–H and O–H groups in total. The number of aromatic amines is 1. The number of carbonyl (C=O) groups is 1. The maximum atomic E-state index is 13.5. The molecule has 0 aliphatic carbocycles. The third-order valence-electron chi connectivity index (χ3n) is 2.34. The molecule has 0 atom stereocenters. The van der Waals surface area contributed by atoms with Crippen LogP contribution in [0, 0.1) is 22.9 Å². The van der Waals surface area contributed by atoms with Crippen molar-refractivity contribution in [3.8, 4) is 0 Å². The minimum absolute atomic E-state index is 0.0422. The van der Waals surface area contributed by atoms with E-state index in [1.807, 2.05) is 0 Å². The van der Waals surface area contributed by atoms with E-state index in [0.717, 1.165) is 30.0 Å². The number of aromatic nitrogens is 3. The summed E-state index contributed by atoms with van der Waals surface area (Å²) < 4.78 is 13.5. The molecule has 0 fully saturated rings. The van der Waals surface area contributed by atoms with Crippen LogP contribution < -0.4 is 5.32 Å². The number of H-pyrrole nitrogens is 1. The molecule has 0 saturated carbocycles. The third-order valence-corrected chi connectivity index (χ3v) is 3.19. The minimum atomic E-state index is -0.743. The zero-order chi connectivity index (χ0) is 15.4. The van der Waals surface area contributed by atoms with Crippen LogP contribution in [0.15, 0.2) is 23.4 Å². The van der Waals surface area contributed by atoms with E-state index in [0.29, 0.717) is 11.0 Å². The Hall–Kier alpha value is -2.49. The predicted octanol–water partition coefficient (Wildman–Crippen LogP) is 1.89. The highest BCUT2D eigenvalue weighted by Crippen LogP contribution is 2.21. The number of anilines is 1. The molecule has 2 aromatic rings. The van der Waals surface area contributed by atoms with Crippen molar-refractivity contribution in [3.05, 3.63) is 40.0 Å². The number of nitrogens with zero attached hydrogens (tertiary/aromatic N) is 3. The second-order valence-electron chi connectivity index (χ2n) is 3.96. The fraction of sp³-hybridized carbons (Fsp3) is 0.182. The minimum Gasteiger partial charge on any atom is -0.323 e. The SMILES string of the molecule is Cc1nc(SCC(=O)Nc2cc([N+](=O)[O-])ccc2F)n[nH]1. The number of amides is 1. The van der Waals surface area contributed by atoms with Gasteiger partial charge >= 0.3 is 0 Å². The first-order valence-electron chi connectivity index (χ1n) is 5.71. The largest absolute Gasteiger partial charge is 0.323 e. The van der Waals surface area contributed by atoms with E-state index < -0.39 is 16.6 Å². The van der Waals surface area contributed by atoms with Crippen molar-refractivity contribution < 1.29 is 14.1 Å². The Morgan fingerprint density at radius 1 is 1.57 bits per heavy atom. The average molecular weight is 311 g/mol. The monoisotopic (exact) mass is 311 g/mol. The van der Waals surface area contributed by atoms with E-state index in [-0.39, 0.29) is 17.1 Å². The maximum absolute atomic E-state index is 13.5. The van der Waals surface area contributed by atoms with Gasteiger partial charge in [-0.15, -0.1) is 5.10 Å². The second-order valence-corrected chi connectivity index (χ2v) is 4.90. The van der Waals surface area contributed by atoms with E-state index in [2.05, 4.69) is 20.5 Å². The lowest BCUT2D eigenvalue weighted by molar-refractivity contribution is -0.384. The van der Waals surface area contributed by atoms with E-state index in [1.54, 1.807) is 6.92 Å². The molecule has 0 bridgehead atoms. The Bertz CT molecular complexity index is 690. The number of hydrogen-bond acceptors (Lipinski definition) is 6. The smallest absolute Gasteiger partial charge is 0.271 e. The van der Waals surface area contributed by atoms with Crippen LogP contribution in [0.3, 0.4) is 0 Å². The van der Waals surface area contributed by atoms with Crippen LogP contribution in [-0.2, 0) is 4.79 Å². The van der Waals surface area contributed by atoms with Crippen LogP contribution in [0.5, 0.6) is 0 Å². The van der Waals surface area contributed by atoms with Crippen LogP contribution in [0.1, 0.15) is 5.82 Å². The van der Waals surface area contributed by atoms with Gasteiger partial charge in [0.1, 0.15) is 11.6 Å². The Morgan fingerprint density at radius 2 is 2.33 bits per heavy atom. The lowest BCUT2D eigenvalue weighted by Gasteiger charge is -2.05. The number of nitrogens with one attached hydrogen (secondary N) is 2. The Balaban J connectivity index is 1.99. The van der Waals surface area contributed by atoms with Crippen molar-refractivity contribution in [2.75, 3.05) is 11.1 Å². The number of thioether (sulfide) groups is 1. The molecule has 8 nitrogen and oxygen atoms in total. The number of carbonyl (C=O) groups excluding carboxylic acids is 1. The third kappa shape index (κ3) is 3.99. The van der Waals surface area contributed by atoms with Gasteiger partial charge in [-0.3, -0.25) is 20.0 Å². The van der Waals surface area contributed by atoms with Gasteiger partial charge < -0.3 is 5.32 Å². The molecule has 0 spiro atoms. The summed E-state index contributed by atoms with van der Waals surface area (Å²) in [6.45, 7) is 1.72. The second kappa shape index (κ2) is 6.31. The van der Waals surface area contributed by atoms with Gasteiger partial charge in [-0.05, 0) is 13.0 Å². The van der Waals surface area contributed by atoms with Crippen LogP contribution in [0.2, 0.25) is 0 Å². The number of nitro groups is 1. The average Bonchev–Trinajstić information content (AvgIpc) is 2.84. The van der Waals surface area contributed by atoms with Gasteiger partial charge in [0.15, 0.2) is 0 Å². The summed E-state index contributed by atoms with van der Waals surface area (Å²) in [6, 6.07) is 2.92. The molecule has 10 heteroatoms. The standard InChI is InChI=1S/C11H10FN5O3S/c1-6-13-11(16-15-6)21-5-10(18)14-9-4-7(17(19)20)2-3-8(9)12/h2-4H,5H2,1H3,(H,14,18)(H,13,15,16). The molecule has 0 saturated heterocycles. The van der Waals surface area contributed by atoms with Crippen molar-refractivity contribution in [3.63, 3.8) is 0 Å². The van der Waals surface area contributed by atoms with E-state index >= 15 is 0 Å². The molecule has 1 aromatic heterocycles. The van der Waals surface area contributed by atoms with Gasteiger partial charge in [0.25, 0.3) is 5.69 Å². The summed E-state index contributed by atoms with van der Waals surface area (Å²) in [7, 11) is 0. The summed E-state index contributed by atoms with van der Waals surface area (Å²) >= 11 is 1.06. The van der Waals surface area contributed by atoms with Crippen LogP contribution in [0.4, 0.5) is 15.8 Å². The molecule has 1 amide bonds. The van der Waals surface area contributed by atoms with Crippen LogP contribution >= 0.6 is 11.8 Å². The van der Waals surface area contributed by atoms with Gasteiger partial charge in [0.2, 0.25) is 11.1 Å². The first kappa shape index (κ1) is 14.9. The quantitative estimate of drug-likeness (QED) is 0.495. The molecular weight excluding hydrogens is 301 g/mol. The number of hydrogen-bond donors (Lipinski definition) is 2. The van der Waals surface area contributed by atoms with Gasteiger partial charge in [-0.2, -0.15) is 0 Å². The molecule has 1 heterocycles. The summed E-state index contributed by atoms with van der Waals surface area (Å²) in [6.07, 6.45) is 0. The molecule has 0 aliphatic rings. The van der Waals surface area contributed by atoms with Crippen molar-refractivity contribution >= 4 is 29.0 Å². The van der Waals surface area contributed by atoms with Crippen molar-refractivity contribution in [1.82, 2.24) is 15.2 Å². The first-order valence-corrected chi connectivity index (χ1v) is 6.70. The van der Waals surface area contributed by atoms with Gasteiger partial charge in [-0.25, -0.2) is 9.37 Å². The predicted molar refractivity (Wildman–Crippen MR) is 73.5 cm³/mol. The fourth-order valence-electron chi connectivity index (χ4n) is 1.43. The molecule has 2 rings (SSSR count). The van der Waals surface area contributed by atoms with Crippen LogP contribution in [-0.4, -0.2) is 31.8 Å². The van der Waals surface area contributed by atoms with Crippen molar-refractivity contribution in [2.24, 2.45) is 0 Å². The molecule has 0 radical (unpaired) electrons. The maximum Gasteiger partial charge on any atom is 0.271 e. The lowest BCUT2D eigenvalue weighted by atomic mass is 10.2. The summed E-state index contributed by atoms with van der Waals surface area (Å²) in [5, 5.41) is 19.7. The molecular formula is C11H10FN5O3S. The Kier molecular flexibility index (Phi) is 4.48. The Labute approximate surface area is 122 Å². The molecule has 1 aromatic carbocycles. The number of rotatable bonds is 5. The zero-order valence-electron chi connectivity index (χ0n) is 10.8. The molecule has 21 heavy (non-hydrogen) atoms. The fourth-order valence-corrected chi connectivity index (χ4v) is 2.07. The van der Waals surface area contributed by atoms with Gasteiger partial charge in [0.05, 0.1) is 16.4 Å². The number of non-ortho nitro benzene ring substituents is 1. The highest BCUT2D eigenvalue weighted by molar-refractivity contribution is 7.99. The lowest BCUT2D eigenvalue weighted by Crippen LogP contribution is -2.15. The number of halogens is 1. The first-order chi connectivity index (χ1) is 9.95. The van der Waals surface area contributed by atoms with Gasteiger partial charge in [-0.1, -0.05) is 11.8 Å². The number of benzene rings is 1. The van der Waals surface area contributed by atoms with E-state index in [4.69, 9.17) is 0 Å². The summed E-state index contributed by atoms with van der Waals surface area (Å²) in [5.41, 5.74) is -0.537. The van der Waals surface area contributed by atoms with Crippen molar-refractivity contribution in [2.45, 2.75) is 12.1 Å². The molecule has 110 valence electrons. The Morgan fingerprint density at radius 3 is 2.95 bits per heavy atom. The zero-order valence-corrected chi connectivity index (χ0v) is 11.6. The van der Waals surface area contributed by atoms with E-state index in [9.17, 15) is 19.3 Å². The van der Waals surface area contributed by atoms with Gasteiger partial charge in [0, 0.05) is 12.1 Å². The highest BCUT2D eigenvalue weighted by atomic mass is 32.2. The number of nitro benzene ring substituents is 1. The summed E-state index contributed by atoms with van der Waals surface area (Å²) in [5.74, 6) is -0.684. The highest BCUT2D eigenvalue weighted by Gasteiger charge is 2.13. The molecule has 0 aliphatic heterocycles. The summed E-state index contributed by atoms with van der Waals surface area (Å²) in [4.78, 5) is 25.6. The normalized spacial score (nSPS) is 10.4. The van der Waals surface area contributed by atoms with Crippen molar-refractivity contribution in [1.29, 1.82) is 0 Å². The topological polar surface area (TPSA) is 114 Å². The molecule has 0 unspecified atom stereocenters. The number of aryl methyl sites for hydroxylation is 1. The van der Waals surface area contributed by atoms with Crippen LogP contribution in [0.25, 0.3) is 0 Å².